The number of anilines is 1. The Morgan fingerprint density at radius 3 is 2.08 bits per heavy atom. The van der Waals surface area contributed by atoms with E-state index in [-0.39, 0.29) is 11.9 Å². The molecule has 0 aliphatic carbocycles. The number of guanidine groups is 1. The van der Waals surface area contributed by atoms with Gasteiger partial charge in [0, 0.05) is 36.2 Å². The molecule has 0 atom stereocenters. The van der Waals surface area contributed by atoms with Crippen LogP contribution in [0.15, 0.2) is 38.5 Å². The molecule has 2 rings (SSSR count). The minimum Gasteiger partial charge on any atom is -0.444 e. The highest BCUT2D eigenvalue weighted by atomic mass is 16.6. The molecule has 0 bridgehead atoms. The normalized spacial score (nSPS) is 11.4. The maximum atomic E-state index is 12.3. The van der Waals surface area contributed by atoms with Gasteiger partial charge in [-0.3, -0.25) is 20.4 Å². The zero-order valence-corrected chi connectivity index (χ0v) is 23.1. The summed E-state index contributed by atoms with van der Waals surface area (Å²) in [7, 11) is 0. The van der Waals surface area contributed by atoms with Crippen molar-refractivity contribution in [3.63, 3.8) is 0 Å². The Kier molecular flexibility index (Phi) is 10.4. The van der Waals surface area contributed by atoms with Crippen molar-refractivity contribution in [2.45, 2.75) is 85.4 Å². The minimum absolute atomic E-state index is 0.0792. The fourth-order valence-electron chi connectivity index (χ4n) is 3.30. The lowest BCUT2D eigenvalue weighted by atomic mass is 10.1. The third kappa shape index (κ3) is 11.4. The summed E-state index contributed by atoms with van der Waals surface area (Å²) in [5.74, 6) is -0.244. The Bertz CT molecular complexity index is 1200. The maximum Gasteiger partial charge on any atom is 0.414 e. The summed E-state index contributed by atoms with van der Waals surface area (Å²) in [6.45, 7) is 12.5. The molecule has 208 valence electrons. The molecular weight excluding hydrogens is 492 g/mol. The van der Waals surface area contributed by atoms with Gasteiger partial charge in [0.25, 0.3) is 0 Å². The number of hydrogen-bond donors (Lipinski definition) is 3. The first kappa shape index (κ1) is 30.3. The van der Waals surface area contributed by atoms with Gasteiger partial charge in [-0.1, -0.05) is 6.42 Å². The van der Waals surface area contributed by atoms with Gasteiger partial charge in [-0.05, 0) is 79.0 Å². The molecule has 11 heteroatoms. The van der Waals surface area contributed by atoms with Gasteiger partial charge in [0.2, 0.25) is 11.9 Å². The van der Waals surface area contributed by atoms with Gasteiger partial charge in [0.1, 0.15) is 16.8 Å². The molecule has 11 nitrogen and oxygen atoms in total. The molecule has 3 N–H and O–H groups in total. The van der Waals surface area contributed by atoms with E-state index in [4.69, 9.17) is 13.9 Å². The Morgan fingerprint density at radius 2 is 1.50 bits per heavy atom. The number of nitrogens with one attached hydrogen (secondary N) is 3. The Hall–Kier alpha value is -3.89. The van der Waals surface area contributed by atoms with Crippen LogP contribution < -0.4 is 21.6 Å². The Balaban J connectivity index is 1.84. The number of nitrogens with zero attached hydrogens (tertiary/aromatic N) is 1. The maximum absolute atomic E-state index is 12.3. The first-order chi connectivity index (χ1) is 17.6. The van der Waals surface area contributed by atoms with Crippen LogP contribution in [0.5, 0.6) is 0 Å². The number of ether oxygens (including phenoxy) is 2. The summed E-state index contributed by atoms with van der Waals surface area (Å²) in [6, 6.07) is 6.62. The highest BCUT2D eigenvalue weighted by Gasteiger charge is 2.21. The number of aliphatic imine (C=N–C) groups is 1. The second-order valence-corrected chi connectivity index (χ2v) is 10.8. The number of unbranched alkanes of at least 4 members (excludes halogenated alkanes) is 2. The average molecular weight is 531 g/mol. The van der Waals surface area contributed by atoms with Crippen LogP contribution >= 0.6 is 0 Å². The van der Waals surface area contributed by atoms with E-state index >= 15 is 0 Å². The van der Waals surface area contributed by atoms with Gasteiger partial charge in [-0.25, -0.2) is 14.4 Å². The molecule has 2 aromatic rings. The van der Waals surface area contributed by atoms with E-state index in [1.807, 2.05) is 6.92 Å². The number of hydrogen-bond acceptors (Lipinski definition) is 8. The number of carbonyl (C=O) groups is 3. The first-order valence-corrected chi connectivity index (χ1v) is 12.5. The number of rotatable bonds is 7. The van der Waals surface area contributed by atoms with Crippen LogP contribution in [-0.4, -0.2) is 41.8 Å². The number of benzene rings is 1. The van der Waals surface area contributed by atoms with Crippen molar-refractivity contribution in [2.24, 2.45) is 4.99 Å². The van der Waals surface area contributed by atoms with E-state index in [0.717, 1.165) is 10.9 Å². The molecule has 3 amide bonds. The van der Waals surface area contributed by atoms with Crippen molar-refractivity contribution in [2.75, 3.05) is 11.9 Å². The molecule has 0 saturated carbocycles. The fourth-order valence-corrected chi connectivity index (χ4v) is 3.30. The third-order valence-electron chi connectivity index (χ3n) is 4.81. The lowest BCUT2D eigenvalue weighted by Gasteiger charge is -2.22. The van der Waals surface area contributed by atoms with Gasteiger partial charge in [-0.15, -0.1) is 0 Å². The number of aryl methyl sites for hydroxylation is 1. The number of alkyl carbamates (subject to hydrolysis) is 2. The lowest BCUT2D eigenvalue weighted by Crippen LogP contribution is -2.47. The zero-order chi connectivity index (χ0) is 28.5. The highest BCUT2D eigenvalue weighted by Crippen LogP contribution is 2.21. The molecule has 0 saturated heterocycles. The van der Waals surface area contributed by atoms with Crippen molar-refractivity contribution in [3.8, 4) is 0 Å². The summed E-state index contributed by atoms with van der Waals surface area (Å²) in [5.41, 5.74) is -0.106. The van der Waals surface area contributed by atoms with Gasteiger partial charge in [-0.2, -0.15) is 0 Å². The van der Waals surface area contributed by atoms with Gasteiger partial charge in [0.15, 0.2) is 0 Å². The van der Waals surface area contributed by atoms with Crippen LogP contribution in [0.1, 0.15) is 72.8 Å². The van der Waals surface area contributed by atoms with Crippen molar-refractivity contribution in [3.05, 3.63) is 40.2 Å². The number of amides is 3. The van der Waals surface area contributed by atoms with Gasteiger partial charge < -0.3 is 19.2 Å². The van der Waals surface area contributed by atoms with Crippen LogP contribution in [-0.2, 0) is 14.3 Å². The molecule has 38 heavy (non-hydrogen) atoms. The SMILES string of the molecule is Cc1cc(=O)oc2cc(NC(=O)CCCCCN=C(NC(=O)OC(C)(C)C)NC(=O)OC(C)(C)C)ccc12. The second-order valence-electron chi connectivity index (χ2n) is 10.8. The topological polar surface area (TPSA) is 148 Å². The number of fused-ring (bicyclic) bond motifs is 1. The van der Waals surface area contributed by atoms with E-state index < -0.39 is 29.0 Å². The fraction of sp³-hybridized carbons (Fsp3) is 0.519. The summed E-state index contributed by atoms with van der Waals surface area (Å²) >= 11 is 0. The molecule has 0 radical (unpaired) electrons. The summed E-state index contributed by atoms with van der Waals surface area (Å²) in [6.07, 6.45) is 0.688. The minimum atomic E-state index is -0.757. The largest absolute Gasteiger partial charge is 0.444 e. The molecule has 0 fully saturated rings. The first-order valence-electron chi connectivity index (χ1n) is 12.5. The molecular formula is C27H38N4O7. The third-order valence-corrected chi connectivity index (χ3v) is 4.81. The van der Waals surface area contributed by atoms with E-state index in [0.29, 0.717) is 43.5 Å². The van der Waals surface area contributed by atoms with E-state index in [1.54, 1.807) is 59.7 Å². The molecule has 0 unspecified atom stereocenters. The van der Waals surface area contributed by atoms with Crippen molar-refractivity contribution in [1.29, 1.82) is 0 Å². The molecule has 0 aliphatic rings. The predicted molar refractivity (Wildman–Crippen MR) is 145 cm³/mol. The molecule has 0 aliphatic heterocycles. The van der Waals surface area contributed by atoms with E-state index in [1.165, 1.54) is 6.07 Å². The smallest absolute Gasteiger partial charge is 0.414 e. The molecule has 1 aromatic heterocycles. The summed E-state index contributed by atoms with van der Waals surface area (Å²) in [5, 5.41) is 8.48. The monoisotopic (exact) mass is 530 g/mol. The second kappa shape index (κ2) is 13.1. The molecule has 1 aromatic carbocycles. The van der Waals surface area contributed by atoms with Crippen LogP contribution in [0.4, 0.5) is 15.3 Å². The van der Waals surface area contributed by atoms with Crippen molar-refractivity contribution < 1.29 is 28.3 Å². The van der Waals surface area contributed by atoms with Crippen LogP contribution in [0.3, 0.4) is 0 Å². The van der Waals surface area contributed by atoms with Gasteiger partial charge in [0.05, 0.1) is 0 Å². The Morgan fingerprint density at radius 1 is 0.895 bits per heavy atom. The predicted octanol–water partition coefficient (Wildman–Crippen LogP) is 5.01. The summed E-state index contributed by atoms with van der Waals surface area (Å²) in [4.78, 5) is 52.5. The lowest BCUT2D eigenvalue weighted by molar-refractivity contribution is -0.116. The van der Waals surface area contributed by atoms with Gasteiger partial charge >= 0.3 is 17.8 Å². The van der Waals surface area contributed by atoms with E-state index in [9.17, 15) is 19.2 Å². The standard InChI is InChI=1S/C27H38N4O7/c1-17-15-22(33)36-20-16-18(12-13-19(17)20)29-21(32)11-9-8-10-14-28-23(30-24(34)37-26(2,3)4)31-25(35)38-27(5,6)7/h12-13,15-16H,8-11,14H2,1-7H3,(H,29,32)(H2,28,30,31,34,35). The van der Waals surface area contributed by atoms with Crippen LogP contribution in [0.25, 0.3) is 11.0 Å². The zero-order valence-electron chi connectivity index (χ0n) is 23.1. The highest BCUT2D eigenvalue weighted by molar-refractivity contribution is 6.01. The van der Waals surface area contributed by atoms with Crippen LogP contribution in [0, 0.1) is 6.92 Å². The van der Waals surface area contributed by atoms with Crippen LogP contribution in [0.2, 0.25) is 0 Å². The average Bonchev–Trinajstić information content (AvgIpc) is 2.72. The van der Waals surface area contributed by atoms with Crippen molar-refractivity contribution in [1.82, 2.24) is 10.6 Å². The summed E-state index contributed by atoms with van der Waals surface area (Å²) < 4.78 is 15.7. The quantitative estimate of drug-likeness (QED) is 0.197. The molecule has 0 spiro atoms. The Labute approximate surface area is 222 Å². The van der Waals surface area contributed by atoms with Crippen molar-refractivity contribution >= 4 is 40.7 Å². The van der Waals surface area contributed by atoms with E-state index in [2.05, 4.69) is 20.9 Å². The number of carbonyl (C=O) groups excluding carboxylic acids is 3. The molecule has 1 heterocycles.